The highest BCUT2D eigenvalue weighted by atomic mass is 79.9. The van der Waals surface area contributed by atoms with Gasteiger partial charge in [-0.15, -0.1) is 0 Å². The molecule has 0 atom stereocenters. The molecule has 70 valence electrons. The molecule has 0 rings (SSSR count). The number of carbonyl (C=O) groups excluding carboxylic acids is 1. The molecule has 0 aliphatic carbocycles. The Labute approximate surface area is 81.3 Å². The van der Waals surface area contributed by atoms with E-state index in [-0.39, 0.29) is 18.6 Å². The van der Waals surface area contributed by atoms with Crippen LogP contribution in [0.2, 0.25) is 0 Å². The van der Waals surface area contributed by atoms with E-state index in [1.54, 1.807) is 0 Å². The van der Waals surface area contributed by atoms with Crippen LogP contribution >= 0.6 is 15.9 Å². The summed E-state index contributed by atoms with van der Waals surface area (Å²) in [6, 6.07) is 0. The predicted molar refractivity (Wildman–Crippen MR) is 52.2 cm³/mol. The molecule has 0 aromatic carbocycles. The fourth-order valence-corrected chi connectivity index (χ4v) is 0.803. The molecular formula is C8H14BrNO2. The second kappa shape index (κ2) is 6.20. The van der Waals surface area contributed by atoms with Crippen molar-refractivity contribution in [1.82, 2.24) is 5.32 Å². The number of carbonyl (C=O) groups is 1. The Balaban J connectivity index is 3.38. The fraction of sp³-hybridized carbons (Fsp3) is 0.625. The van der Waals surface area contributed by atoms with Gasteiger partial charge in [-0.2, -0.15) is 0 Å². The maximum Gasteiger partial charge on any atom is 0.320 e. The summed E-state index contributed by atoms with van der Waals surface area (Å²) in [4.78, 5) is 10.9. The third-order valence-corrected chi connectivity index (χ3v) is 1.23. The molecule has 0 saturated heterocycles. The molecule has 1 N–H and O–H groups in total. The Morgan fingerprint density at radius 3 is 2.58 bits per heavy atom. The SMILES string of the molecule is C=C(Br)CNCC(=O)OC(C)C. The van der Waals surface area contributed by atoms with Crippen LogP contribution < -0.4 is 5.32 Å². The average molecular weight is 236 g/mol. The summed E-state index contributed by atoms with van der Waals surface area (Å²) in [5.74, 6) is -0.237. The molecule has 0 aliphatic rings. The van der Waals surface area contributed by atoms with Crippen LogP contribution in [0.15, 0.2) is 11.1 Å². The average Bonchev–Trinajstić information content (AvgIpc) is 1.84. The lowest BCUT2D eigenvalue weighted by atomic mass is 10.5. The number of esters is 1. The molecule has 3 nitrogen and oxygen atoms in total. The van der Waals surface area contributed by atoms with Crippen molar-refractivity contribution in [2.24, 2.45) is 0 Å². The second-order valence-electron chi connectivity index (χ2n) is 2.66. The summed E-state index contributed by atoms with van der Waals surface area (Å²) in [5.41, 5.74) is 0. The monoisotopic (exact) mass is 235 g/mol. The summed E-state index contributed by atoms with van der Waals surface area (Å²) in [6.07, 6.45) is -0.0496. The Bertz CT molecular complexity index is 168. The minimum atomic E-state index is -0.237. The predicted octanol–water partition coefficient (Wildman–Crippen LogP) is 1.44. The third-order valence-electron chi connectivity index (χ3n) is 0.953. The van der Waals surface area contributed by atoms with Gasteiger partial charge in [-0.25, -0.2) is 0 Å². The molecule has 0 aromatic rings. The van der Waals surface area contributed by atoms with Crippen LogP contribution in [0.1, 0.15) is 13.8 Å². The first kappa shape index (κ1) is 11.6. The summed E-state index contributed by atoms with van der Waals surface area (Å²) in [7, 11) is 0. The van der Waals surface area contributed by atoms with Gasteiger partial charge in [-0.05, 0) is 13.8 Å². The van der Waals surface area contributed by atoms with E-state index in [0.717, 1.165) is 4.48 Å². The molecule has 0 fully saturated rings. The van der Waals surface area contributed by atoms with E-state index in [2.05, 4.69) is 27.8 Å². The molecule has 0 spiro atoms. The minimum Gasteiger partial charge on any atom is -0.462 e. The minimum absolute atomic E-state index is 0.0496. The Morgan fingerprint density at radius 2 is 2.17 bits per heavy atom. The molecule has 0 heterocycles. The zero-order valence-electron chi connectivity index (χ0n) is 7.39. The van der Waals surface area contributed by atoms with Gasteiger partial charge >= 0.3 is 5.97 Å². The first-order valence-corrected chi connectivity index (χ1v) is 4.55. The van der Waals surface area contributed by atoms with Gasteiger partial charge in [-0.3, -0.25) is 4.79 Å². The molecule has 0 bridgehead atoms. The largest absolute Gasteiger partial charge is 0.462 e. The summed E-state index contributed by atoms with van der Waals surface area (Å²) < 4.78 is 5.70. The lowest BCUT2D eigenvalue weighted by Crippen LogP contribution is -2.27. The number of ether oxygens (including phenoxy) is 1. The Hall–Kier alpha value is -0.350. The maximum atomic E-state index is 10.9. The van der Waals surface area contributed by atoms with Crippen molar-refractivity contribution < 1.29 is 9.53 Å². The van der Waals surface area contributed by atoms with Gasteiger partial charge in [-0.1, -0.05) is 22.5 Å². The molecule has 4 heteroatoms. The topological polar surface area (TPSA) is 38.3 Å². The van der Waals surface area contributed by atoms with Crippen molar-refractivity contribution in [2.75, 3.05) is 13.1 Å². The molecule has 12 heavy (non-hydrogen) atoms. The van der Waals surface area contributed by atoms with Gasteiger partial charge in [0.05, 0.1) is 12.6 Å². The van der Waals surface area contributed by atoms with E-state index in [4.69, 9.17) is 4.74 Å². The van der Waals surface area contributed by atoms with Crippen LogP contribution in [0.5, 0.6) is 0 Å². The third kappa shape index (κ3) is 7.75. The number of hydrogen-bond donors (Lipinski definition) is 1. The summed E-state index contributed by atoms with van der Waals surface area (Å²) in [5, 5.41) is 2.87. The Morgan fingerprint density at radius 1 is 1.58 bits per heavy atom. The van der Waals surface area contributed by atoms with E-state index in [1.165, 1.54) is 0 Å². The molecule has 0 aliphatic heterocycles. The van der Waals surface area contributed by atoms with Gasteiger partial charge in [0.1, 0.15) is 0 Å². The van der Waals surface area contributed by atoms with Crippen molar-refractivity contribution >= 4 is 21.9 Å². The first-order valence-electron chi connectivity index (χ1n) is 3.76. The van der Waals surface area contributed by atoms with E-state index in [0.29, 0.717) is 6.54 Å². The number of rotatable bonds is 5. The Kier molecular flexibility index (Phi) is 6.02. The van der Waals surface area contributed by atoms with Gasteiger partial charge in [0.25, 0.3) is 0 Å². The molecule has 0 unspecified atom stereocenters. The van der Waals surface area contributed by atoms with Crippen LogP contribution in [0.4, 0.5) is 0 Å². The molecule has 0 amide bonds. The number of hydrogen-bond acceptors (Lipinski definition) is 3. The van der Waals surface area contributed by atoms with Gasteiger partial charge in [0.2, 0.25) is 0 Å². The molecule has 0 saturated carbocycles. The number of halogens is 1. The second-order valence-corrected chi connectivity index (χ2v) is 3.78. The van der Waals surface area contributed by atoms with Crippen LogP contribution in [-0.2, 0) is 9.53 Å². The normalized spacial score (nSPS) is 10.0. The van der Waals surface area contributed by atoms with E-state index in [9.17, 15) is 4.79 Å². The standard InChI is InChI=1S/C8H14BrNO2/c1-6(2)12-8(11)5-10-4-7(3)9/h6,10H,3-5H2,1-2H3. The van der Waals surface area contributed by atoms with Crippen LogP contribution in [0.25, 0.3) is 0 Å². The van der Waals surface area contributed by atoms with Crippen molar-refractivity contribution in [3.63, 3.8) is 0 Å². The highest BCUT2D eigenvalue weighted by molar-refractivity contribution is 9.11. The summed E-state index contributed by atoms with van der Waals surface area (Å²) >= 11 is 3.17. The highest BCUT2D eigenvalue weighted by Crippen LogP contribution is 1.96. The van der Waals surface area contributed by atoms with E-state index >= 15 is 0 Å². The fourth-order valence-electron chi connectivity index (χ4n) is 0.605. The van der Waals surface area contributed by atoms with Crippen LogP contribution in [-0.4, -0.2) is 25.2 Å². The van der Waals surface area contributed by atoms with Crippen LogP contribution in [0, 0.1) is 0 Å². The van der Waals surface area contributed by atoms with Crippen molar-refractivity contribution in [3.05, 3.63) is 11.1 Å². The zero-order chi connectivity index (χ0) is 9.56. The smallest absolute Gasteiger partial charge is 0.320 e. The van der Waals surface area contributed by atoms with Crippen LogP contribution in [0.3, 0.4) is 0 Å². The quantitative estimate of drug-likeness (QED) is 0.734. The zero-order valence-corrected chi connectivity index (χ0v) is 8.98. The van der Waals surface area contributed by atoms with E-state index in [1.807, 2.05) is 13.8 Å². The maximum absolute atomic E-state index is 10.9. The van der Waals surface area contributed by atoms with Gasteiger partial charge in [0, 0.05) is 11.0 Å². The molecule has 0 aromatic heterocycles. The number of nitrogens with one attached hydrogen (secondary N) is 1. The van der Waals surface area contributed by atoms with Crippen molar-refractivity contribution in [1.29, 1.82) is 0 Å². The van der Waals surface area contributed by atoms with Crippen molar-refractivity contribution in [3.8, 4) is 0 Å². The first-order chi connectivity index (χ1) is 5.52. The van der Waals surface area contributed by atoms with Gasteiger partial charge in [0.15, 0.2) is 0 Å². The lowest BCUT2D eigenvalue weighted by molar-refractivity contribution is -0.146. The molecular weight excluding hydrogens is 222 g/mol. The van der Waals surface area contributed by atoms with Crippen molar-refractivity contribution in [2.45, 2.75) is 20.0 Å². The summed E-state index contributed by atoms with van der Waals surface area (Å²) in [6.45, 7) is 8.06. The molecule has 0 radical (unpaired) electrons. The lowest BCUT2D eigenvalue weighted by Gasteiger charge is -2.07. The highest BCUT2D eigenvalue weighted by Gasteiger charge is 2.03. The van der Waals surface area contributed by atoms with Gasteiger partial charge < -0.3 is 10.1 Å². The van der Waals surface area contributed by atoms with E-state index < -0.39 is 0 Å².